The van der Waals surface area contributed by atoms with Crippen molar-refractivity contribution >= 4 is 16.7 Å². The van der Waals surface area contributed by atoms with Gasteiger partial charge in [0.2, 0.25) is 5.91 Å². The predicted octanol–water partition coefficient (Wildman–Crippen LogP) is 1.62. The highest BCUT2D eigenvalue weighted by Crippen LogP contribution is 2.24. The van der Waals surface area contributed by atoms with Crippen molar-refractivity contribution in [2.24, 2.45) is 0 Å². The molecule has 3 aromatic rings. The summed E-state index contributed by atoms with van der Waals surface area (Å²) >= 11 is 0. The van der Waals surface area contributed by atoms with Crippen LogP contribution in [-0.4, -0.2) is 50.2 Å². The van der Waals surface area contributed by atoms with Crippen molar-refractivity contribution in [3.63, 3.8) is 0 Å². The van der Waals surface area contributed by atoms with Crippen LogP contribution in [0, 0.1) is 0 Å². The van der Waals surface area contributed by atoms with Crippen molar-refractivity contribution in [2.75, 3.05) is 13.1 Å². The minimum absolute atomic E-state index is 0.0386. The molecule has 1 fully saturated rings. The first-order valence-corrected chi connectivity index (χ1v) is 8.70. The quantitative estimate of drug-likeness (QED) is 0.669. The van der Waals surface area contributed by atoms with E-state index in [1.807, 2.05) is 30.3 Å². The van der Waals surface area contributed by atoms with Gasteiger partial charge in [0.25, 0.3) is 0 Å². The van der Waals surface area contributed by atoms with Crippen molar-refractivity contribution < 1.29 is 9.53 Å². The second kappa shape index (κ2) is 7.16. The number of likely N-dealkylation sites (tertiary alicyclic amines) is 1. The fourth-order valence-electron chi connectivity index (χ4n) is 3.28. The number of amides is 1. The van der Waals surface area contributed by atoms with Gasteiger partial charge in [0.1, 0.15) is 5.69 Å². The minimum Gasteiger partial charge on any atom is -0.370 e. The molecule has 0 aliphatic carbocycles. The van der Waals surface area contributed by atoms with Gasteiger partial charge < -0.3 is 9.64 Å². The van der Waals surface area contributed by atoms with E-state index in [4.69, 9.17) is 4.74 Å². The Morgan fingerprint density at radius 3 is 3.04 bits per heavy atom. The summed E-state index contributed by atoms with van der Waals surface area (Å²) in [6.07, 6.45) is 2.07. The fourth-order valence-corrected chi connectivity index (χ4v) is 3.28. The number of rotatable bonds is 5. The van der Waals surface area contributed by atoms with Crippen LogP contribution in [0.4, 0.5) is 0 Å². The van der Waals surface area contributed by atoms with Crippen LogP contribution in [0.3, 0.4) is 0 Å². The largest absolute Gasteiger partial charge is 0.370 e. The smallest absolute Gasteiger partial charge is 0.340 e. The molecule has 0 spiro atoms. The first-order chi connectivity index (χ1) is 13.1. The SMILES string of the molecule is C=CC(=O)N1CCC(OCc2nc(-c3n[nH]c(=O)[nH]3)cc3ccccc23)C1. The van der Waals surface area contributed by atoms with Gasteiger partial charge in [-0.15, -0.1) is 0 Å². The van der Waals surface area contributed by atoms with Crippen LogP contribution in [0.1, 0.15) is 12.1 Å². The average Bonchev–Trinajstić information content (AvgIpc) is 3.34. The van der Waals surface area contributed by atoms with Crippen LogP contribution in [0.25, 0.3) is 22.3 Å². The van der Waals surface area contributed by atoms with Crippen molar-refractivity contribution in [1.82, 2.24) is 25.1 Å². The lowest BCUT2D eigenvalue weighted by molar-refractivity contribution is -0.125. The molecule has 8 nitrogen and oxygen atoms in total. The lowest BCUT2D eigenvalue weighted by Gasteiger charge is -2.15. The number of aromatic amines is 2. The number of carbonyl (C=O) groups is 1. The summed E-state index contributed by atoms with van der Waals surface area (Å²) in [5.41, 5.74) is 0.955. The zero-order valence-electron chi connectivity index (χ0n) is 14.6. The summed E-state index contributed by atoms with van der Waals surface area (Å²) in [7, 11) is 0. The van der Waals surface area contributed by atoms with Crippen LogP contribution < -0.4 is 5.69 Å². The Hall–Kier alpha value is -3.26. The number of hydrogen-bond acceptors (Lipinski definition) is 5. The number of hydrogen-bond donors (Lipinski definition) is 2. The molecule has 4 rings (SSSR count). The molecule has 1 aliphatic rings. The summed E-state index contributed by atoms with van der Waals surface area (Å²) in [5.74, 6) is 0.310. The zero-order valence-corrected chi connectivity index (χ0v) is 14.6. The number of fused-ring (bicyclic) bond motifs is 1. The van der Waals surface area contributed by atoms with Crippen molar-refractivity contribution in [1.29, 1.82) is 0 Å². The van der Waals surface area contributed by atoms with Crippen LogP contribution in [-0.2, 0) is 16.1 Å². The number of pyridine rings is 1. The van der Waals surface area contributed by atoms with E-state index in [-0.39, 0.29) is 17.7 Å². The van der Waals surface area contributed by atoms with Gasteiger partial charge >= 0.3 is 5.69 Å². The molecule has 0 bridgehead atoms. The van der Waals surface area contributed by atoms with Crippen LogP contribution in [0.5, 0.6) is 0 Å². The second-order valence-corrected chi connectivity index (χ2v) is 6.41. The van der Waals surface area contributed by atoms with Gasteiger partial charge in [-0.1, -0.05) is 30.8 Å². The molecule has 1 atom stereocenters. The molecule has 2 N–H and O–H groups in total. The molecule has 1 unspecified atom stereocenters. The molecule has 27 heavy (non-hydrogen) atoms. The maximum absolute atomic E-state index is 11.7. The van der Waals surface area contributed by atoms with E-state index in [0.29, 0.717) is 31.2 Å². The van der Waals surface area contributed by atoms with Crippen LogP contribution in [0.15, 0.2) is 47.8 Å². The molecule has 3 heterocycles. The Labute approximate surface area is 154 Å². The average molecular weight is 365 g/mol. The Balaban J connectivity index is 1.58. The summed E-state index contributed by atoms with van der Waals surface area (Å²) in [6.45, 7) is 5.05. The Kier molecular flexibility index (Phi) is 4.55. The molecule has 1 amide bonds. The topological polar surface area (TPSA) is 104 Å². The molecular formula is C19H19N5O3. The normalized spacial score (nSPS) is 16.7. The van der Waals surface area contributed by atoms with Gasteiger partial charge in [0.05, 0.1) is 18.4 Å². The predicted molar refractivity (Wildman–Crippen MR) is 99.9 cm³/mol. The minimum atomic E-state index is -0.379. The van der Waals surface area contributed by atoms with Crippen molar-refractivity contribution in [2.45, 2.75) is 19.1 Å². The molecule has 8 heteroatoms. The third-order valence-corrected chi connectivity index (χ3v) is 4.65. The van der Waals surface area contributed by atoms with Crippen molar-refractivity contribution in [3.05, 3.63) is 59.2 Å². The molecular weight excluding hydrogens is 346 g/mol. The maximum atomic E-state index is 11.7. The highest BCUT2D eigenvalue weighted by molar-refractivity contribution is 5.87. The summed E-state index contributed by atoms with van der Waals surface area (Å²) in [5, 5.41) is 8.28. The van der Waals surface area contributed by atoms with Gasteiger partial charge in [-0.25, -0.2) is 14.9 Å². The Morgan fingerprint density at radius 1 is 1.41 bits per heavy atom. The third kappa shape index (κ3) is 3.52. The van der Waals surface area contributed by atoms with Crippen LogP contribution >= 0.6 is 0 Å². The van der Waals surface area contributed by atoms with Gasteiger partial charge in [-0.3, -0.25) is 9.78 Å². The molecule has 1 aromatic carbocycles. The number of H-pyrrole nitrogens is 2. The summed E-state index contributed by atoms with van der Waals surface area (Å²) < 4.78 is 6.03. The number of carbonyl (C=O) groups excluding carboxylic acids is 1. The van der Waals surface area contributed by atoms with Gasteiger partial charge in [0.15, 0.2) is 5.82 Å². The molecule has 138 valence electrons. The van der Waals surface area contributed by atoms with Gasteiger partial charge in [0, 0.05) is 18.5 Å². The van der Waals surface area contributed by atoms with Crippen molar-refractivity contribution in [3.8, 4) is 11.5 Å². The van der Waals surface area contributed by atoms with E-state index in [2.05, 4.69) is 26.7 Å². The molecule has 1 aliphatic heterocycles. The zero-order chi connectivity index (χ0) is 18.8. The van der Waals surface area contributed by atoms with Crippen LogP contribution in [0.2, 0.25) is 0 Å². The molecule has 0 radical (unpaired) electrons. The maximum Gasteiger partial charge on any atom is 0.340 e. The first kappa shape index (κ1) is 17.2. The van der Waals surface area contributed by atoms with E-state index in [0.717, 1.165) is 22.9 Å². The number of nitrogens with zero attached hydrogens (tertiary/aromatic N) is 3. The number of benzene rings is 1. The standard InChI is InChI=1S/C19H19N5O3/c1-2-17(25)24-8-7-13(10-24)27-11-16-14-6-4-3-5-12(14)9-15(20-16)18-21-19(26)23-22-18/h2-6,9,13H,1,7-8,10-11H2,(H2,21,22,23,26). The highest BCUT2D eigenvalue weighted by Gasteiger charge is 2.25. The lowest BCUT2D eigenvalue weighted by atomic mass is 10.1. The molecule has 0 saturated carbocycles. The van der Waals surface area contributed by atoms with Gasteiger partial charge in [-0.2, -0.15) is 5.10 Å². The first-order valence-electron chi connectivity index (χ1n) is 8.70. The lowest BCUT2D eigenvalue weighted by Crippen LogP contribution is -2.28. The summed E-state index contributed by atoms with van der Waals surface area (Å²) in [4.78, 5) is 32.1. The van der Waals surface area contributed by atoms with E-state index in [1.54, 1.807) is 4.90 Å². The highest BCUT2D eigenvalue weighted by atomic mass is 16.5. The second-order valence-electron chi connectivity index (χ2n) is 6.41. The number of nitrogens with one attached hydrogen (secondary N) is 2. The van der Waals surface area contributed by atoms with E-state index in [9.17, 15) is 9.59 Å². The fraction of sp³-hybridized carbons (Fsp3) is 0.263. The molecule has 1 saturated heterocycles. The van der Waals surface area contributed by atoms with E-state index in [1.165, 1.54) is 6.08 Å². The molecule has 2 aromatic heterocycles. The Bertz CT molecular complexity index is 1050. The number of aromatic nitrogens is 4. The van der Waals surface area contributed by atoms with E-state index >= 15 is 0 Å². The Morgan fingerprint density at radius 2 is 2.26 bits per heavy atom. The third-order valence-electron chi connectivity index (χ3n) is 4.65. The monoisotopic (exact) mass is 365 g/mol. The van der Waals surface area contributed by atoms with E-state index < -0.39 is 0 Å². The van der Waals surface area contributed by atoms with Gasteiger partial charge in [-0.05, 0) is 23.9 Å². The number of ether oxygens (including phenoxy) is 1. The summed E-state index contributed by atoms with van der Waals surface area (Å²) in [6, 6.07) is 9.74.